The molecule has 1 atom stereocenters. The van der Waals surface area contributed by atoms with Crippen molar-refractivity contribution in [2.45, 2.75) is 39.8 Å². The van der Waals surface area contributed by atoms with E-state index in [1.54, 1.807) is 11.3 Å². The number of rotatable bonds is 3. The molecule has 2 aromatic rings. The molecule has 102 valence electrons. The van der Waals surface area contributed by atoms with Gasteiger partial charge in [0, 0.05) is 13.1 Å². The molecule has 0 saturated carbocycles. The summed E-state index contributed by atoms with van der Waals surface area (Å²) >= 11 is 1.77. The van der Waals surface area contributed by atoms with Gasteiger partial charge in [-0.1, -0.05) is 20.8 Å². The van der Waals surface area contributed by atoms with Crippen molar-refractivity contribution in [2.75, 3.05) is 6.54 Å². The topological polar surface area (TPSA) is 42.7 Å². The van der Waals surface area contributed by atoms with Gasteiger partial charge in [0.2, 0.25) is 0 Å². The van der Waals surface area contributed by atoms with Gasteiger partial charge in [0.25, 0.3) is 0 Å². The van der Waals surface area contributed by atoms with Crippen LogP contribution >= 0.6 is 11.3 Å². The molecule has 0 fully saturated rings. The highest BCUT2D eigenvalue weighted by Crippen LogP contribution is 2.32. The van der Waals surface area contributed by atoms with Crippen LogP contribution in [0, 0.1) is 5.92 Å². The van der Waals surface area contributed by atoms with Crippen molar-refractivity contribution < 1.29 is 0 Å². The Kier molecular flexibility index (Phi) is 3.41. The highest BCUT2D eigenvalue weighted by molar-refractivity contribution is 7.13. The van der Waals surface area contributed by atoms with Crippen LogP contribution in [0.25, 0.3) is 10.7 Å². The summed E-state index contributed by atoms with van der Waals surface area (Å²) in [6.07, 6.45) is 1.05. The van der Waals surface area contributed by atoms with E-state index in [0.717, 1.165) is 31.2 Å². The smallest absolute Gasteiger partial charge is 0.174 e. The third-order valence-electron chi connectivity index (χ3n) is 3.75. The van der Waals surface area contributed by atoms with Crippen LogP contribution in [0.2, 0.25) is 0 Å². The minimum Gasteiger partial charge on any atom is -0.308 e. The van der Waals surface area contributed by atoms with E-state index >= 15 is 0 Å². The van der Waals surface area contributed by atoms with E-state index < -0.39 is 0 Å². The van der Waals surface area contributed by atoms with Crippen molar-refractivity contribution in [2.24, 2.45) is 5.92 Å². The summed E-state index contributed by atoms with van der Waals surface area (Å²) in [4.78, 5) is 1.28. The van der Waals surface area contributed by atoms with Crippen molar-refractivity contribution in [3.63, 3.8) is 0 Å². The monoisotopic (exact) mass is 276 g/mol. The highest BCUT2D eigenvalue weighted by Gasteiger charge is 2.28. The molecular formula is C14H20N4S. The van der Waals surface area contributed by atoms with Crippen molar-refractivity contribution >= 4 is 11.3 Å². The molecule has 0 aliphatic carbocycles. The van der Waals surface area contributed by atoms with Gasteiger partial charge in [-0.05, 0) is 29.3 Å². The molecule has 19 heavy (non-hydrogen) atoms. The van der Waals surface area contributed by atoms with Gasteiger partial charge in [-0.15, -0.1) is 21.5 Å². The molecule has 0 aromatic carbocycles. The molecule has 3 heterocycles. The summed E-state index contributed by atoms with van der Waals surface area (Å²) in [5.41, 5.74) is 1.37. The largest absolute Gasteiger partial charge is 0.308 e. The average Bonchev–Trinajstić information content (AvgIpc) is 3.03. The minimum atomic E-state index is 0.319. The number of nitrogens with zero attached hydrogens (tertiary/aromatic N) is 3. The molecule has 4 nitrogen and oxygen atoms in total. The Labute approximate surface area is 117 Å². The fourth-order valence-electron chi connectivity index (χ4n) is 2.70. The van der Waals surface area contributed by atoms with Gasteiger partial charge in [0.05, 0.1) is 10.9 Å². The summed E-state index contributed by atoms with van der Waals surface area (Å²) < 4.78 is 2.30. The van der Waals surface area contributed by atoms with Gasteiger partial charge in [0.15, 0.2) is 11.6 Å². The zero-order valence-corrected chi connectivity index (χ0v) is 12.5. The van der Waals surface area contributed by atoms with Gasteiger partial charge in [-0.3, -0.25) is 0 Å². The Bertz CT molecular complexity index is 570. The Morgan fingerprint density at radius 3 is 3.05 bits per heavy atom. The van der Waals surface area contributed by atoms with Crippen molar-refractivity contribution in [3.8, 4) is 10.7 Å². The number of nitrogens with one attached hydrogen (secondary N) is 1. The van der Waals surface area contributed by atoms with Crippen LogP contribution in [-0.4, -0.2) is 21.3 Å². The maximum Gasteiger partial charge on any atom is 0.174 e. The standard InChI is InChI=1S/C14H20N4S/c1-4-10-5-8-19-12(10)14-17-16-13-11(9(2)3)15-6-7-18(13)14/h5,8-9,11,15H,4,6-7H2,1-3H3. The van der Waals surface area contributed by atoms with E-state index in [1.807, 2.05) is 0 Å². The first-order valence-corrected chi connectivity index (χ1v) is 7.83. The number of hydrogen-bond acceptors (Lipinski definition) is 4. The maximum atomic E-state index is 4.46. The normalized spacial score (nSPS) is 18.8. The van der Waals surface area contributed by atoms with E-state index in [2.05, 4.69) is 52.3 Å². The van der Waals surface area contributed by atoms with E-state index in [0.29, 0.717) is 12.0 Å². The molecule has 5 heteroatoms. The molecular weight excluding hydrogens is 256 g/mol. The van der Waals surface area contributed by atoms with Crippen molar-refractivity contribution in [3.05, 3.63) is 22.8 Å². The lowest BCUT2D eigenvalue weighted by Crippen LogP contribution is -2.36. The third-order valence-corrected chi connectivity index (χ3v) is 4.71. The molecule has 3 rings (SSSR count). The number of aryl methyl sites for hydroxylation is 1. The Balaban J connectivity index is 2.06. The zero-order chi connectivity index (χ0) is 13.4. The van der Waals surface area contributed by atoms with Gasteiger partial charge in [-0.25, -0.2) is 0 Å². The summed E-state index contributed by atoms with van der Waals surface area (Å²) in [6.45, 7) is 8.60. The molecule has 0 bridgehead atoms. The number of thiophene rings is 1. The summed E-state index contributed by atoms with van der Waals surface area (Å²) in [5.74, 6) is 2.67. The van der Waals surface area contributed by atoms with Crippen LogP contribution in [0.5, 0.6) is 0 Å². The minimum absolute atomic E-state index is 0.319. The molecule has 1 aliphatic heterocycles. The van der Waals surface area contributed by atoms with Crippen molar-refractivity contribution in [1.82, 2.24) is 20.1 Å². The average molecular weight is 276 g/mol. The van der Waals surface area contributed by atoms with E-state index in [-0.39, 0.29) is 0 Å². The molecule has 1 aliphatic rings. The van der Waals surface area contributed by atoms with Gasteiger partial charge >= 0.3 is 0 Å². The maximum absolute atomic E-state index is 4.46. The van der Waals surface area contributed by atoms with E-state index in [1.165, 1.54) is 10.4 Å². The van der Waals surface area contributed by atoms with E-state index in [9.17, 15) is 0 Å². The molecule has 2 aromatic heterocycles. The van der Waals surface area contributed by atoms with Crippen molar-refractivity contribution in [1.29, 1.82) is 0 Å². The molecule has 0 spiro atoms. The molecule has 0 amide bonds. The molecule has 0 radical (unpaired) electrons. The quantitative estimate of drug-likeness (QED) is 0.937. The Morgan fingerprint density at radius 2 is 2.32 bits per heavy atom. The van der Waals surface area contributed by atoms with E-state index in [4.69, 9.17) is 0 Å². The van der Waals surface area contributed by atoms with Crippen LogP contribution < -0.4 is 5.32 Å². The zero-order valence-electron chi connectivity index (χ0n) is 11.7. The summed E-state index contributed by atoms with van der Waals surface area (Å²) in [6, 6.07) is 2.52. The first kappa shape index (κ1) is 12.8. The van der Waals surface area contributed by atoms with Gasteiger partial charge < -0.3 is 9.88 Å². The SMILES string of the molecule is CCc1ccsc1-c1nnc2n1CCNC2C(C)C. The second-order valence-corrected chi connectivity index (χ2v) is 6.25. The van der Waals surface area contributed by atoms with Gasteiger partial charge in [-0.2, -0.15) is 0 Å². The van der Waals surface area contributed by atoms with Crippen LogP contribution in [0.1, 0.15) is 38.2 Å². The number of fused-ring (bicyclic) bond motifs is 1. The Morgan fingerprint density at radius 1 is 1.47 bits per heavy atom. The van der Waals surface area contributed by atoms with Gasteiger partial charge in [0.1, 0.15) is 0 Å². The summed E-state index contributed by atoms with van der Waals surface area (Å²) in [7, 11) is 0. The fourth-order valence-corrected chi connectivity index (χ4v) is 3.69. The third kappa shape index (κ3) is 2.11. The predicted octanol–water partition coefficient (Wildman–Crippen LogP) is 2.87. The predicted molar refractivity (Wildman–Crippen MR) is 78.3 cm³/mol. The van der Waals surface area contributed by atoms with Crippen LogP contribution in [0.15, 0.2) is 11.4 Å². The lowest BCUT2D eigenvalue weighted by molar-refractivity contribution is 0.339. The van der Waals surface area contributed by atoms with Crippen LogP contribution in [0.3, 0.4) is 0 Å². The van der Waals surface area contributed by atoms with Crippen LogP contribution in [0.4, 0.5) is 0 Å². The lowest BCUT2D eigenvalue weighted by Gasteiger charge is -2.27. The number of hydrogen-bond donors (Lipinski definition) is 1. The first-order chi connectivity index (χ1) is 9.22. The fraction of sp³-hybridized carbons (Fsp3) is 0.571. The Hall–Kier alpha value is -1.20. The molecule has 1 N–H and O–H groups in total. The molecule has 0 saturated heterocycles. The number of aromatic nitrogens is 3. The van der Waals surface area contributed by atoms with Crippen LogP contribution in [-0.2, 0) is 13.0 Å². The highest BCUT2D eigenvalue weighted by atomic mass is 32.1. The first-order valence-electron chi connectivity index (χ1n) is 6.95. The second kappa shape index (κ2) is 5.06. The second-order valence-electron chi connectivity index (χ2n) is 5.34. The summed E-state index contributed by atoms with van der Waals surface area (Å²) in [5, 5.41) is 14.6. The molecule has 1 unspecified atom stereocenters. The lowest BCUT2D eigenvalue weighted by atomic mass is 10.0.